The van der Waals surface area contributed by atoms with Gasteiger partial charge in [-0.05, 0) is 43.7 Å². The number of nitrogens with two attached hydrogens (primary N) is 1. The largest absolute Gasteiger partial charge is 0.397 e. The molecule has 1 aromatic carbocycles. The number of carbonyl (C=O) groups is 1. The molecule has 1 amide bonds. The van der Waals surface area contributed by atoms with Gasteiger partial charge in [-0.15, -0.1) is 0 Å². The second-order valence-electron chi connectivity index (χ2n) is 5.68. The van der Waals surface area contributed by atoms with Crippen LogP contribution in [0.5, 0.6) is 0 Å². The summed E-state index contributed by atoms with van der Waals surface area (Å²) < 4.78 is 0. The first-order chi connectivity index (χ1) is 9.61. The van der Waals surface area contributed by atoms with Crippen LogP contribution in [0.25, 0.3) is 0 Å². The fraction of sp³-hybridized carbons (Fsp3) is 0.562. The topological polar surface area (TPSA) is 55.1 Å². The maximum Gasteiger partial charge on any atom is 0.253 e. The monoisotopic (exact) mass is 294 g/mol. The van der Waals surface area contributed by atoms with Gasteiger partial charge in [-0.1, -0.05) is 37.4 Å². The lowest BCUT2D eigenvalue weighted by atomic mass is 9.83. The van der Waals surface area contributed by atoms with Gasteiger partial charge in [-0.25, -0.2) is 0 Å². The van der Waals surface area contributed by atoms with Crippen molar-refractivity contribution in [1.82, 2.24) is 5.32 Å². The van der Waals surface area contributed by atoms with Crippen LogP contribution >= 0.6 is 11.6 Å². The van der Waals surface area contributed by atoms with Gasteiger partial charge in [0.25, 0.3) is 5.91 Å². The van der Waals surface area contributed by atoms with Gasteiger partial charge in [0.2, 0.25) is 0 Å². The summed E-state index contributed by atoms with van der Waals surface area (Å²) in [5.41, 5.74) is 6.70. The average Bonchev–Trinajstić information content (AvgIpc) is 2.44. The van der Waals surface area contributed by atoms with Gasteiger partial charge in [0, 0.05) is 6.04 Å². The molecule has 1 aliphatic carbocycles. The molecule has 0 atom stereocenters. The highest BCUT2D eigenvalue weighted by Crippen LogP contribution is 2.28. The lowest BCUT2D eigenvalue weighted by Crippen LogP contribution is -2.37. The van der Waals surface area contributed by atoms with Crippen molar-refractivity contribution in [1.29, 1.82) is 0 Å². The van der Waals surface area contributed by atoms with Crippen molar-refractivity contribution in [2.24, 2.45) is 5.92 Å². The summed E-state index contributed by atoms with van der Waals surface area (Å²) in [6.45, 7) is 2.23. The first-order valence-corrected chi connectivity index (χ1v) is 7.84. The van der Waals surface area contributed by atoms with Gasteiger partial charge in [-0.3, -0.25) is 4.79 Å². The number of halogens is 1. The fourth-order valence-electron chi connectivity index (χ4n) is 3.00. The van der Waals surface area contributed by atoms with Crippen molar-refractivity contribution in [3.63, 3.8) is 0 Å². The van der Waals surface area contributed by atoms with Crippen molar-refractivity contribution in [3.05, 3.63) is 28.8 Å². The van der Waals surface area contributed by atoms with E-state index >= 15 is 0 Å². The van der Waals surface area contributed by atoms with Crippen LogP contribution in [-0.2, 0) is 0 Å². The number of carbonyl (C=O) groups excluding carboxylic acids is 1. The number of nitrogen functional groups attached to an aromatic ring is 1. The van der Waals surface area contributed by atoms with Crippen LogP contribution < -0.4 is 11.1 Å². The minimum atomic E-state index is -0.107. The normalized spacial score (nSPS) is 22.5. The molecule has 1 fully saturated rings. The van der Waals surface area contributed by atoms with Crippen LogP contribution in [0.1, 0.15) is 55.8 Å². The summed E-state index contributed by atoms with van der Waals surface area (Å²) >= 11 is 5.95. The number of hydrogen-bond donors (Lipinski definition) is 2. The maximum atomic E-state index is 12.2. The predicted molar refractivity (Wildman–Crippen MR) is 84.0 cm³/mol. The molecule has 0 bridgehead atoms. The average molecular weight is 295 g/mol. The van der Waals surface area contributed by atoms with E-state index < -0.39 is 0 Å². The van der Waals surface area contributed by atoms with Crippen molar-refractivity contribution < 1.29 is 4.79 Å². The first-order valence-electron chi connectivity index (χ1n) is 7.46. The second-order valence-corrected chi connectivity index (χ2v) is 6.09. The number of benzene rings is 1. The van der Waals surface area contributed by atoms with E-state index in [4.69, 9.17) is 17.3 Å². The molecule has 1 saturated carbocycles. The highest BCUT2D eigenvalue weighted by Gasteiger charge is 2.23. The van der Waals surface area contributed by atoms with E-state index in [2.05, 4.69) is 12.2 Å². The minimum Gasteiger partial charge on any atom is -0.397 e. The number of para-hydroxylation sites is 1. The molecule has 0 aromatic heterocycles. The minimum absolute atomic E-state index is 0.107. The zero-order chi connectivity index (χ0) is 14.5. The Kier molecular flexibility index (Phi) is 5.30. The van der Waals surface area contributed by atoms with Gasteiger partial charge >= 0.3 is 0 Å². The summed E-state index contributed by atoms with van der Waals surface area (Å²) in [5, 5.41) is 3.52. The molecule has 0 radical (unpaired) electrons. The van der Waals surface area contributed by atoms with E-state index in [1.165, 1.54) is 25.7 Å². The summed E-state index contributed by atoms with van der Waals surface area (Å²) in [5.74, 6) is 0.730. The molecule has 3 nitrogen and oxygen atoms in total. The number of nitrogens with one attached hydrogen (secondary N) is 1. The number of anilines is 1. The zero-order valence-corrected chi connectivity index (χ0v) is 12.7. The Bertz CT molecular complexity index is 468. The smallest absolute Gasteiger partial charge is 0.253 e. The molecule has 3 N–H and O–H groups in total. The third-order valence-electron chi connectivity index (χ3n) is 4.18. The van der Waals surface area contributed by atoms with Gasteiger partial charge < -0.3 is 11.1 Å². The Hall–Kier alpha value is -1.22. The third kappa shape index (κ3) is 3.66. The highest BCUT2D eigenvalue weighted by atomic mass is 35.5. The van der Waals surface area contributed by atoms with Crippen LogP contribution in [0, 0.1) is 5.92 Å². The molecule has 0 aliphatic heterocycles. The Balaban J connectivity index is 1.91. The van der Waals surface area contributed by atoms with Crippen LogP contribution in [0.3, 0.4) is 0 Å². The summed E-state index contributed by atoms with van der Waals surface area (Å²) in [6, 6.07) is 5.45. The molecule has 4 heteroatoms. The van der Waals surface area contributed by atoms with E-state index in [1.54, 1.807) is 18.2 Å². The quantitative estimate of drug-likeness (QED) is 0.824. The molecular formula is C16H23ClN2O. The summed E-state index contributed by atoms with van der Waals surface area (Å²) in [6.07, 6.45) is 7.12. The molecular weight excluding hydrogens is 272 g/mol. The lowest BCUT2D eigenvalue weighted by molar-refractivity contribution is 0.0922. The highest BCUT2D eigenvalue weighted by molar-refractivity contribution is 6.33. The van der Waals surface area contributed by atoms with Gasteiger partial charge in [-0.2, -0.15) is 0 Å². The molecule has 0 unspecified atom stereocenters. The van der Waals surface area contributed by atoms with E-state index in [0.29, 0.717) is 16.3 Å². The van der Waals surface area contributed by atoms with Crippen LogP contribution in [0.4, 0.5) is 5.69 Å². The SMILES string of the molecule is CCCC1CCC(NC(=O)c2cccc(Cl)c2N)CC1. The van der Waals surface area contributed by atoms with Crippen molar-refractivity contribution >= 4 is 23.2 Å². The van der Waals surface area contributed by atoms with Gasteiger partial charge in [0.05, 0.1) is 16.3 Å². The molecule has 20 heavy (non-hydrogen) atoms. The molecule has 2 rings (SSSR count). The lowest BCUT2D eigenvalue weighted by Gasteiger charge is -2.29. The third-order valence-corrected chi connectivity index (χ3v) is 4.51. The molecule has 1 aromatic rings. The number of rotatable bonds is 4. The molecule has 0 heterocycles. The van der Waals surface area contributed by atoms with Gasteiger partial charge in [0.1, 0.15) is 0 Å². The first kappa shape index (κ1) is 15.2. The zero-order valence-electron chi connectivity index (χ0n) is 12.0. The Morgan fingerprint density at radius 3 is 2.70 bits per heavy atom. The van der Waals surface area contributed by atoms with E-state index in [1.807, 2.05) is 0 Å². The van der Waals surface area contributed by atoms with Crippen LogP contribution in [-0.4, -0.2) is 11.9 Å². The number of hydrogen-bond acceptors (Lipinski definition) is 2. The molecule has 1 aliphatic rings. The van der Waals surface area contributed by atoms with Crippen LogP contribution in [0.2, 0.25) is 5.02 Å². The summed E-state index contributed by atoms with van der Waals surface area (Å²) in [4.78, 5) is 12.2. The van der Waals surface area contributed by atoms with Crippen molar-refractivity contribution in [2.45, 2.75) is 51.5 Å². The number of amides is 1. The molecule has 0 spiro atoms. The maximum absolute atomic E-state index is 12.2. The van der Waals surface area contributed by atoms with E-state index in [9.17, 15) is 4.79 Å². The van der Waals surface area contributed by atoms with Crippen LogP contribution in [0.15, 0.2) is 18.2 Å². The Morgan fingerprint density at radius 2 is 2.05 bits per heavy atom. The molecule has 0 saturated heterocycles. The molecule has 110 valence electrons. The van der Waals surface area contributed by atoms with E-state index in [-0.39, 0.29) is 11.9 Å². The second kappa shape index (κ2) is 6.98. The van der Waals surface area contributed by atoms with Gasteiger partial charge in [0.15, 0.2) is 0 Å². The Morgan fingerprint density at radius 1 is 1.35 bits per heavy atom. The standard InChI is InChI=1S/C16H23ClN2O/c1-2-4-11-7-9-12(10-8-11)19-16(20)13-5-3-6-14(17)15(13)18/h3,5-6,11-12H,2,4,7-10,18H2,1H3,(H,19,20). The van der Waals surface area contributed by atoms with E-state index in [0.717, 1.165) is 18.8 Å². The summed E-state index contributed by atoms with van der Waals surface area (Å²) in [7, 11) is 0. The fourth-order valence-corrected chi connectivity index (χ4v) is 3.18. The Labute approximate surface area is 125 Å². The van der Waals surface area contributed by atoms with Crippen molar-refractivity contribution in [2.75, 3.05) is 5.73 Å². The van der Waals surface area contributed by atoms with Crippen molar-refractivity contribution in [3.8, 4) is 0 Å². The predicted octanol–water partition coefficient (Wildman–Crippen LogP) is 4.01.